The summed E-state index contributed by atoms with van der Waals surface area (Å²) in [5, 5.41) is 6.83. The average Bonchev–Trinajstić information content (AvgIpc) is 3.35. The topological polar surface area (TPSA) is 56.4 Å². The zero-order valence-corrected chi connectivity index (χ0v) is 19.0. The Balaban J connectivity index is 1.47. The molecule has 3 aliphatic rings. The Labute approximate surface area is 191 Å². The van der Waals surface area contributed by atoms with Gasteiger partial charge in [0.05, 0.1) is 21.7 Å². The van der Waals surface area contributed by atoms with E-state index in [0.29, 0.717) is 10.9 Å². The first-order valence-corrected chi connectivity index (χ1v) is 12.1. The summed E-state index contributed by atoms with van der Waals surface area (Å²) in [5.41, 5.74) is 3.14. The van der Waals surface area contributed by atoms with Gasteiger partial charge in [-0.05, 0) is 81.1 Å². The third-order valence-electron chi connectivity index (χ3n) is 6.94. The van der Waals surface area contributed by atoms with Crippen LogP contribution in [0.15, 0.2) is 35.2 Å². The van der Waals surface area contributed by atoms with Crippen LogP contribution in [0, 0.1) is 11.6 Å². The number of nitrogens with zero attached hydrogens (tertiary/aromatic N) is 1. The first-order chi connectivity index (χ1) is 15.4. The van der Waals surface area contributed by atoms with Crippen LogP contribution in [0.25, 0.3) is 0 Å². The average molecular weight is 459 g/mol. The number of benzene rings is 2. The van der Waals surface area contributed by atoms with E-state index in [1.54, 1.807) is 0 Å². The molecular formula is C24H28F2N4OS. The molecule has 1 unspecified atom stereocenters. The van der Waals surface area contributed by atoms with Gasteiger partial charge < -0.3 is 20.3 Å². The van der Waals surface area contributed by atoms with Gasteiger partial charge in [-0.1, -0.05) is 12.8 Å². The van der Waals surface area contributed by atoms with Crippen molar-refractivity contribution in [1.29, 1.82) is 0 Å². The molecule has 1 saturated heterocycles. The van der Waals surface area contributed by atoms with Crippen molar-refractivity contribution in [1.82, 2.24) is 4.90 Å². The number of nitrogens with one attached hydrogen (secondary N) is 3. The molecule has 2 heterocycles. The fourth-order valence-electron chi connectivity index (χ4n) is 5.33. The minimum Gasteiger partial charge on any atom is -0.379 e. The number of amides is 1. The first-order valence-electron chi connectivity index (χ1n) is 11.3. The van der Waals surface area contributed by atoms with Gasteiger partial charge in [-0.15, -0.1) is 0 Å². The van der Waals surface area contributed by atoms with Crippen LogP contribution in [0.4, 0.5) is 25.8 Å². The lowest BCUT2D eigenvalue weighted by Gasteiger charge is -2.31. The second-order valence-electron chi connectivity index (χ2n) is 9.21. The quantitative estimate of drug-likeness (QED) is 0.527. The molecule has 1 saturated carbocycles. The largest absolute Gasteiger partial charge is 0.379 e. The molecule has 2 fully saturated rings. The predicted octanol–water partition coefficient (Wildman–Crippen LogP) is 5.35. The molecule has 2 aromatic rings. The van der Waals surface area contributed by atoms with Crippen molar-refractivity contribution in [2.45, 2.75) is 54.9 Å². The molecule has 32 heavy (non-hydrogen) atoms. The van der Waals surface area contributed by atoms with Crippen LogP contribution in [0.3, 0.4) is 0 Å². The summed E-state index contributed by atoms with van der Waals surface area (Å²) in [5.74, 6) is -1.11. The summed E-state index contributed by atoms with van der Waals surface area (Å²) in [6.45, 7) is 2.04. The van der Waals surface area contributed by atoms with Crippen LogP contribution in [0.2, 0.25) is 0 Å². The zero-order chi connectivity index (χ0) is 22.3. The second-order valence-corrected chi connectivity index (χ2v) is 10.1. The maximum Gasteiger partial charge on any atom is 0.235 e. The van der Waals surface area contributed by atoms with Gasteiger partial charge >= 0.3 is 0 Å². The molecule has 8 heteroatoms. The number of likely N-dealkylation sites (tertiary alicyclic amines) is 1. The highest BCUT2D eigenvalue weighted by atomic mass is 32.2. The minimum atomic E-state index is -0.601. The molecule has 2 aliphatic heterocycles. The van der Waals surface area contributed by atoms with Gasteiger partial charge in [-0.3, -0.25) is 4.79 Å². The highest BCUT2D eigenvalue weighted by Gasteiger charge is 2.49. The number of halogens is 2. The Morgan fingerprint density at radius 1 is 1.16 bits per heavy atom. The van der Waals surface area contributed by atoms with E-state index < -0.39 is 17.0 Å². The van der Waals surface area contributed by atoms with Crippen LogP contribution < -0.4 is 15.4 Å². The van der Waals surface area contributed by atoms with Gasteiger partial charge in [0, 0.05) is 24.3 Å². The van der Waals surface area contributed by atoms with E-state index in [0.717, 1.165) is 92.3 Å². The molecule has 5 rings (SSSR count). The van der Waals surface area contributed by atoms with Gasteiger partial charge in [-0.25, -0.2) is 8.78 Å². The normalized spacial score (nSPS) is 22.1. The molecule has 1 aliphatic carbocycles. The van der Waals surface area contributed by atoms with E-state index in [2.05, 4.69) is 27.3 Å². The molecule has 0 aromatic heterocycles. The fourth-order valence-corrected chi connectivity index (χ4v) is 5.97. The summed E-state index contributed by atoms with van der Waals surface area (Å²) in [4.78, 5) is 15.7. The summed E-state index contributed by atoms with van der Waals surface area (Å²) in [6, 6.07) is 7.86. The van der Waals surface area contributed by atoms with E-state index >= 15 is 0 Å². The molecular weight excluding hydrogens is 430 g/mol. The van der Waals surface area contributed by atoms with Crippen molar-refractivity contribution in [3.63, 3.8) is 0 Å². The third-order valence-corrected chi connectivity index (χ3v) is 7.83. The Bertz CT molecular complexity index is 1040. The Morgan fingerprint density at radius 3 is 2.72 bits per heavy atom. The van der Waals surface area contributed by atoms with Crippen LogP contribution in [-0.4, -0.2) is 37.0 Å². The van der Waals surface area contributed by atoms with E-state index in [1.807, 2.05) is 12.1 Å². The van der Waals surface area contributed by atoms with Crippen molar-refractivity contribution in [3.8, 4) is 0 Å². The standard InChI is InChI=1S/C24H28F2N4OS/c1-30-10-4-5-16(14-30)27-20-13-17(29-32-21-7-6-15(25)11-19(21)26)12-18-22(20)28-23(31)24(18)8-2-3-9-24/h6-7,11-13,16,27,29H,2-5,8-10,14H2,1H3,(H,28,31). The second kappa shape index (κ2) is 8.56. The minimum absolute atomic E-state index is 0.0863. The molecule has 0 radical (unpaired) electrons. The first kappa shape index (κ1) is 21.5. The zero-order valence-electron chi connectivity index (χ0n) is 18.1. The monoisotopic (exact) mass is 458 g/mol. The van der Waals surface area contributed by atoms with Crippen LogP contribution in [0.5, 0.6) is 0 Å². The number of carbonyl (C=O) groups is 1. The molecule has 170 valence electrons. The molecule has 0 bridgehead atoms. The van der Waals surface area contributed by atoms with Crippen LogP contribution in [-0.2, 0) is 10.2 Å². The summed E-state index contributed by atoms with van der Waals surface area (Å²) in [7, 11) is 2.12. The van der Waals surface area contributed by atoms with E-state index in [1.165, 1.54) is 12.1 Å². The van der Waals surface area contributed by atoms with Crippen molar-refractivity contribution >= 4 is 34.9 Å². The van der Waals surface area contributed by atoms with E-state index in [4.69, 9.17) is 0 Å². The van der Waals surface area contributed by atoms with Gasteiger partial charge in [0.2, 0.25) is 5.91 Å². The van der Waals surface area contributed by atoms with Gasteiger partial charge in [-0.2, -0.15) is 0 Å². The highest BCUT2D eigenvalue weighted by molar-refractivity contribution is 8.00. The van der Waals surface area contributed by atoms with Crippen molar-refractivity contribution in [3.05, 3.63) is 47.5 Å². The molecule has 1 atom stereocenters. The van der Waals surface area contributed by atoms with Crippen LogP contribution in [0.1, 0.15) is 44.1 Å². The number of likely N-dealkylation sites (N-methyl/N-ethyl adjacent to an activating group) is 1. The number of hydrogen-bond donors (Lipinski definition) is 3. The SMILES string of the molecule is CN1CCCC(Nc2cc(NSc3ccc(F)cc3F)cc3c2NC(=O)C32CCCC2)C1. The van der Waals surface area contributed by atoms with Gasteiger partial charge in [0.25, 0.3) is 0 Å². The maximum atomic E-state index is 14.1. The lowest BCUT2D eigenvalue weighted by Crippen LogP contribution is -2.39. The van der Waals surface area contributed by atoms with Crippen LogP contribution >= 0.6 is 11.9 Å². The lowest BCUT2D eigenvalue weighted by molar-refractivity contribution is -0.120. The molecule has 1 spiro atoms. The maximum absolute atomic E-state index is 14.1. The number of fused-ring (bicyclic) bond motifs is 2. The summed E-state index contributed by atoms with van der Waals surface area (Å²) < 4.78 is 30.6. The number of rotatable bonds is 5. The third kappa shape index (κ3) is 3.94. The molecule has 1 amide bonds. The molecule has 3 N–H and O–H groups in total. The lowest BCUT2D eigenvalue weighted by atomic mass is 9.80. The fraction of sp³-hybridized carbons (Fsp3) is 0.458. The van der Waals surface area contributed by atoms with E-state index in [-0.39, 0.29) is 5.91 Å². The van der Waals surface area contributed by atoms with Crippen molar-refractivity contribution in [2.24, 2.45) is 0 Å². The Morgan fingerprint density at radius 2 is 1.97 bits per heavy atom. The molecule has 5 nitrogen and oxygen atoms in total. The number of piperidine rings is 1. The van der Waals surface area contributed by atoms with Gasteiger partial charge in [0.15, 0.2) is 0 Å². The van der Waals surface area contributed by atoms with Gasteiger partial charge in [0.1, 0.15) is 11.6 Å². The highest BCUT2D eigenvalue weighted by Crippen LogP contribution is 2.52. The Hall–Kier alpha value is -2.32. The number of anilines is 3. The molecule has 2 aromatic carbocycles. The summed E-state index contributed by atoms with van der Waals surface area (Å²) in [6.07, 6.45) is 5.98. The smallest absolute Gasteiger partial charge is 0.235 e. The van der Waals surface area contributed by atoms with E-state index in [9.17, 15) is 13.6 Å². The van der Waals surface area contributed by atoms with Crippen molar-refractivity contribution in [2.75, 3.05) is 35.5 Å². The summed E-state index contributed by atoms with van der Waals surface area (Å²) >= 11 is 1.11. The number of carbonyl (C=O) groups excluding carboxylic acids is 1. The Kier molecular flexibility index (Phi) is 5.75. The van der Waals surface area contributed by atoms with Crippen molar-refractivity contribution < 1.29 is 13.6 Å². The predicted molar refractivity (Wildman–Crippen MR) is 125 cm³/mol. The number of hydrogen-bond acceptors (Lipinski definition) is 5.